The molecule has 0 spiro atoms. The normalized spacial score (nSPS) is 10.8. The lowest BCUT2D eigenvalue weighted by atomic mass is 10.1. The van der Waals surface area contributed by atoms with E-state index in [4.69, 9.17) is 4.42 Å². The molecule has 4 heteroatoms. The van der Waals surface area contributed by atoms with Crippen molar-refractivity contribution in [3.63, 3.8) is 0 Å². The van der Waals surface area contributed by atoms with Crippen LogP contribution < -0.4 is 10.5 Å². The smallest absolute Gasteiger partial charge is 0.338 e. The molecule has 0 saturated carbocycles. The average molecular weight is 344 g/mol. The molecule has 1 heterocycles. The van der Waals surface area contributed by atoms with Gasteiger partial charge in [-0.05, 0) is 23.8 Å². The molecule has 3 rings (SSSR count). The van der Waals surface area contributed by atoms with E-state index in [1.165, 1.54) is 0 Å². The van der Waals surface area contributed by atoms with Gasteiger partial charge in [0.25, 0.3) is 0 Å². The largest absolute Gasteiger partial charge is 0.423 e. The highest BCUT2D eigenvalue weighted by molar-refractivity contribution is 9.10. The first-order valence-electron chi connectivity index (χ1n) is 6.62. The Morgan fingerprint density at radius 1 is 1.10 bits per heavy atom. The number of hydrogen-bond acceptors (Lipinski definition) is 3. The van der Waals surface area contributed by atoms with Crippen LogP contribution in [0.2, 0.25) is 0 Å². The summed E-state index contributed by atoms with van der Waals surface area (Å²) >= 11 is 3.55. The molecule has 2 aromatic carbocycles. The molecule has 0 fully saturated rings. The number of fused-ring (bicyclic) bond motifs is 1. The first-order valence-corrected chi connectivity index (χ1v) is 7.42. The third kappa shape index (κ3) is 2.85. The molecule has 0 bridgehead atoms. The molecular weight excluding hydrogens is 330 g/mol. The van der Waals surface area contributed by atoms with Crippen LogP contribution in [0.25, 0.3) is 11.0 Å². The van der Waals surface area contributed by atoms with Crippen LogP contribution in [0.1, 0.15) is 5.56 Å². The summed E-state index contributed by atoms with van der Waals surface area (Å²) in [6, 6.07) is 17.2. The molecule has 0 aliphatic carbocycles. The van der Waals surface area contributed by atoms with E-state index < -0.39 is 0 Å². The minimum absolute atomic E-state index is 0.331. The fraction of sp³-hybridized carbons (Fsp3) is 0.118. The Balaban J connectivity index is 2.04. The monoisotopic (exact) mass is 343 g/mol. The predicted octanol–water partition coefficient (Wildman–Crippen LogP) is 4.19. The number of nitrogens with zero attached hydrogens (tertiary/aromatic N) is 1. The van der Waals surface area contributed by atoms with Gasteiger partial charge in [0.05, 0.1) is 5.69 Å². The van der Waals surface area contributed by atoms with Gasteiger partial charge in [0.1, 0.15) is 5.58 Å². The van der Waals surface area contributed by atoms with Gasteiger partial charge in [-0.15, -0.1) is 0 Å². The standard InChI is InChI=1S/C17H14BrNO2/c1-19(11-12-6-2-4-8-14(12)18)15-10-17(20)21-16-9-5-3-7-13(15)16/h2-10H,11H2,1H3. The molecule has 3 nitrogen and oxygen atoms in total. The summed E-state index contributed by atoms with van der Waals surface area (Å²) in [6.45, 7) is 0.703. The number of para-hydroxylation sites is 1. The van der Waals surface area contributed by atoms with Crippen molar-refractivity contribution in [1.82, 2.24) is 0 Å². The van der Waals surface area contributed by atoms with Crippen molar-refractivity contribution in [3.8, 4) is 0 Å². The average Bonchev–Trinajstić information content (AvgIpc) is 2.48. The number of rotatable bonds is 3. The van der Waals surface area contributed by atoms with Gasteiger partial charge in [0, 0.05) is 29.5 Å². The second kappa shape index (κ2) is 5.74. The van der Waals surface area contributed by atoms with Crippen LogP contribution in [-0.4, -0.2) is 7.05 Å². The molecule has 1 aromatic heterocycles. The van der Waals surface area contributed by atoms with Crippen molar-refractivity contribution in [1.29, 1.82) is 0 Å². The maximum Gasteiger partial charge on any atom is 0.338 e. The molecule has 0 N–H and O–H groups in total. The van der Waals surface area contributed by atoms with E-state index >= 15 is 0 Å². The van der Waals surface area contributed by atoms with Crippen molar-refractivity contribution in [2.45, 2.75) is 6.54 Å². The van der Waals surface area contributed by atoms with Crippen LogP contribution >= 0.6 is 15.9 Å². The Labute approximate surface area is 130 Å². The lowest BCUT2D eigenvalue weighted by Crippen LogP contribution is -2.18. The van der Waals surface area contributed by atoms with Crippen LogP contribution in [0.4, 0.5) is 5.69 Å². The molecule has 0 atom stereocenters. The highest BCUT2D eigenvalue weighted by atomic mass is 79.9. The van der Waals surface area contributed by atoms with Crippen molar-refractivity contribution < 1.29 is 4.42 Å². The highest BCUT2D eigenvalue weighted by Crippen LogP contribution is 2.26. The molecule has 0 aliphatic heterocycles. The summed E-state index contributed by atoms with van der Waals surface area (Å²) in [5.41, 5.74) is 2.32. The second-order valence-corrected chi connectivity index (χ2v) is 5.75. The van der Waals surface area contributed by atoms with Gasteiger partial charge >= 0.3 is 5.63 Å². The Hall–Kier alpha value is -2.07. The summed E-state index contributed by atoms with van der Waals surface area (Å²) < 4.78 is 6.29. The summed E-state index contributed by atoms with van der Waals surface area (Å²) in [5.74, 6) is 0. The molecule has 0 amide bonds. The van der Waals surface area contributed by atoms with Gasteiger partial charge in [-0.25, -0.2) is 4.79 Å². The fourth-order valence-electron chi connectivity index (χ4n) is 2.38. The quantitative estimate of drug-likeness (QED) is 0.668. The minimum atomic E-state index is -0.331. The molecule has 106 valence electrons. The topological polar surface area (TPSA) is 33.5 Å². The van der Waals surface area contributed by atoms with Crippen LogP contribution in [-0.2, 0) is 6.54 Å². The number of hydrogen-bond donors (Lipinski definition) is 0. The Bertz CT molecular complexity index is 841. The maximum atomic E-state index is 11.7. The molecule has 21 heavy (non-hydrogen) atoms. The van der Waals surface area contributed by atoms with E-state index in [-0.39, 0.29) is 5.63 Å². The van der Waals surface area contributed by atoms with E-state index in [9.17, 15) is 4.79 Å². The molecule has 0 unspecified atom stereocenters. The number of halogens is 1. The van der Waals surface area contributed by atoms with Crippen LogP contribution in [0.15, 0.2) is 68.3 Å². The molecule has 3 aromatic rings. The van der Waals surface area contributed by atoms with Crippen LogP contribution in [0, 0.1) is 0 Å². The van der Waals surface area contributed by atoms with Gasteiger partial charge in [0.2, 0.25) is 0 Å². The third-order valence-electron chi connectivity index (χ3n) is 3.40. The van der Waals surface area contributed by atoms with Gasteiger partial charge in [-0.3, -0.25) is 0 Å². The van der Waals surface area contributed by atoms with Crippen LogP contribution in [0.5, 0.6) is 0 Å². The van der Waals surface area contributed by atoms with E-state index in [1.807, 2.05) is 49.5 Å². The predicted molar refractivity (Wildman–Crippen MR) is 88.7 cm³/mol. The molecule has 0 aliphatic rings. The zero-order valence-electron chi connectivity index (χ0n) is 11.5. The Morgan fingerprint density at radius 3 is 2.62 bits per heavy atom. The van der Waals surface area contributed by atoms with Gasteiger partial charge < -0.3 is 9.32 Å². The van der Waals surface area contributed by atoms with Crippen molar-refractivity contribution in [3.05, 3.63) is 75.1 Å². The van der Waals surface area contributed by atoms with Crippen LogP contribution in [0.3, 0.4) is 0 Å². The number of anilines is 1. The zero-order chi connectivity index (χ0) is 14.8. The van der Waals surface area contributed by atoms with Crippen molar-refractivity contribution in [2.24, 2.45) is 0 Å². The van der Waals surface area contributed by atoms with Gasteiger partial charge in [-0.2, -0.15) is 0 Å². The van der Waals surface area contributed by atoms with E-state index in [0.717, 1.165) is 21.1 Å². The zero-order valence-corrected chi connectivity index (χ0v) is 13.1. The summed E-state index contributed by atoms with van der Waals surface area (Å²) in [6.07, 6.45) is 0. The highest BCUT2D eigenvalue weighted by Gasteiger charge is 2.10. The summed E-state index contributed by atoms with van der Waals surface area (Å²) in [7, 11) is 1.97. The van der Waals surface area contributed by atoms with Crippen molar-refractivity contribution >= 4 is 32.6 Å². The fourth-order valence-corrected chi connectivity index (χ4v) is 2.79. The van der Waals surface area contributed by atoms with Gasteiger partial charge in [-0.1, -0.05) is 46.3 Å². The lowest BCUT2D eigenvalue weighted by molar-refractivity contribution is 0.560. The minimum Gasteiger partial charge on any atom is -0.423 e. The maximum absolute atomic E-state index is 11.7. The second-order valence-electron chi connectivity index (χ2n) is 4.89. The first-order chi connectivity index (χ1) is 10.1. The molecular formula is C17H14BrNO2. The number of benzene rings is 2. The SMILES string of the molecule is CN(Cc1ccccc1Br)c1cc(=O)oc2ccccc12. The van der Waals surface area contributed by atoms with E-state index in [2.05, 4.69) is 26.9 Å². The first kappa shape index (κ1) is 13.9. The Morgan fingerprint density at radius 2 is 1.81 bits per heavy atom. The van der Waals surface area contributed by atoms with Gasteiger partial charge in [0.15, 0.2) is 0 Å². The Kier molecular flexibility index (Phi) is 3.80. The summed E-state index contributed by atoms with van der Waals surface area (Å²) in [4.78, 5) is 13.8. The van der Waals surface area contributed by atoms with Crippen molar-refractivity contribution in [2.75, 3.05) is 11.9 Å². The lowest BCUT2D eigenvalue weighted by Gasteiger charge is -2.21. The molecule has 0 radical (unpaired) electrons. The molecule has 0 saturated heterocycles. The summed E-state index contributed by atoms with van der Waals surface area (Å²) in [5, 5.41) is 0.937. The van der Waals surface area contributed by atoms with E-state index in [0.29, 0.717) is 12.1 Å². The third-order valence-corrected chi connectivity index (χ3v) is 4.18. The van der Waals surface area contributed by atoms with E-state index in [1.54, 1.807) is 6.07 Å².